The molecule has 0 saturated carbocycles. The summed E-state index contributed by atoms with van der Waals surface area (Å²) in [6.07, 6.45) is 5.16. The van der Waals surface area contributed by atoms with Crippen LogP contribution in [0, 0.1) is 5.82 Å². The number of nitrogens with zero attached hydrogens (tertiary/aromatic N) is 5. The number of ether oxygens (including phenoxy) is 1. The van der Waals surface area contributed by atoms with Gasteiger partial charge in [0.15, 0.2) is 11.6 Å². The highest BCUT2D eigenvalue weighted by molar-refractivity contribution is 6.14. The van der Waals surface area contributed by atoms with Gasteiger partial charge in [0.25, 0.3) is 5.91 Å². The summed E-state index contributed by atoms with van der Waals surface area (Å²) in [4.78, 5) is 25.4. The molecular formula is C27H30FN7O2. The van der Waals surface area contributed by atoms with Crippen molar-refractivity contribution in [2.75, 3.05) is 29.9 Å². The first-order valence-electron chi connectivity index (χ1n) is 12.7. The van der Waals surface area contributed by atoms with Gasteiger partial charge < -0.3 is 20.3 Å². The van der Waals surface area contributed by atoms with Crippen LogP contribution in [0.3, 0.4) is 0 Å². The average molecular weight is 504 g/mol. The maximum atomic E-state index is 14.6. The van der Waals surface area contributed by atoms with Crippen molar-refractivity contribution in [3.8, 4) is 0 Å². The number of benzene rings is 2. The monoisotopic (exact) mass is 503 g/mol. The Bertz CT molecular complexity index is 1490. The first kappa shape index (κ1) is 23.7. The molecule has 2 saturated heterocycles. The zero-order chi connectivity index (χ0) is 25.7. The Hall–Kier alpha value is -3.63. The van der Waals surface area contributed by atoms with Crippen LogP contribution in [0.2, 0.25) is 0 Å². The van der Waals surface area contributed by atoms with E-state index in [1.54, 1.807) is 30.1 Å². The van der Waals surface area contributed by atoms with E-state index in [0.29, 0.717) is 46.7 Å². The summed E-state index contributed by atoms with van der Waals surface area (Å²) in [6.45, 7) is 6.68. The summed E-state index contributed by atoms with van der Waals surface area (Å²) < 4.78 is 22.0. The molecule has 37 heavy (non-hydrogen) atoms. The lowest BCUT2D eigenvalue weighted by molar-refractivity contribution is 0.102. The van der Waals surface area contributed by atoms with Crippen molar-refractivity contribution in [2.24, 2.45) is 7.05 Å². The Labute approximate surface area is 214 Å². The lowest BCUT2D eigenvalue weighted by atomic mass is 10.0. The molecule has 2 aliphatic rings. The predicted octanol–water partition coefficient (Wildman–Crippen LogP) is 3.95. The Kier molecular flexibility index (Phi) is 6.00. The number of aromatic nitrogens is 4. The summed E-state index contributed by atoms with van der Waals surface area (Å²) >= 11 is 0. The summed E-state index contributed by atoms with van der Waals surface area (Å²) in [6, 6.07) is 7.42. The fourth-order valence-electron chi connectivity index (χ4n) is 5.52. The molecule has 2 aromatic carbocycles. The van der Waals surface area contributed by atoms with Gasteiger partial charge in [0.1, 0.15) is 11.6 Å². The van der Waals surface area contributed by atoms with Gasteiger partial charge in [-0.05, 0) is 51.0 Å². The zero-order valence-electron chi connectivity index (χ0n) is 21.2. The van der Waals surface area contributed by atoms with Gasteiger partial charge in [-0.15, -0.1) is 0 Å². The maximum Gasteiger partial charge on any atom is 0.257 e. The van der Waals surface area contributed by atoms with Gasteiger partial charge in [0, 0.05) is 73.4 Å². The van der Waals surface area contributed by atoms with Gasteiger partial charge in [-0.2, -0.15) is 5.10 Å². The molecule has 0 unspecified atom stereocenters. The minimum Gasteiger partial charge on any atom is -0.370 e. The third-order valence-corrected chi connectivity index (χ3v) is 7.04. The van der Waals surface area contributed by atoms with Gasteiger partial charge in [0.05, 0.1) is 11.1 Å². The molecule has 0 bridgehead atoms. The normalized spacial score (nSPS) is 22.2. The molecule has 0 aliphatic carbocycles. The fourth-order valence-corrected chi connectivity index (χ4v) is 5.52. The average Bonchev–Trinajstić information content (AvgIpc) is 3.52. The van der Waals surface area contributed by atoms with Crippen molar-refractivity contribution in [1.82, 2.24) is 25.1 Å². The van der Waals surface area contributed by atoms with E-state index in [2.05, 4.69) is 39.5 Å². The van der Waals surface area contributed by atoms with Crippen LogP contribution >= 0.6 is 0 Å². The van der Waals surface area contributed by atoms with Gasteiger partial charge >= 0.3 is 0 Å². The summed E-state index contributed by atoms with van der Waals surface area (Å²) in [5.41, 5.74) is 2.59. The van der Waals surface area contributed by atoms with Crippen molar-refractivity contribution in [1.29, 1.82) is 0 Å². The van der Waals surface area contributed by atoms with Crippen LogP contribution in [0.4, 0.5) is 15.8 Å². The fraction of sp³-hybridized carbons (Fsp3) is 0.407. The number of hydrogen-bond acceptors (Lipinski definition) is 7. The topological polar surface area (TPSA) is 97.2 Å². The molecule has 10 heteroatoms. The van der Waals surface area contributed by atoms with Crippen LogP contribution in [0.25, 0.3) is 21.8 Å². The van der Waals surface area contributed by atoms with Gasteiger partial charge in [-0.25, -0.2) is 14.4 Å². The van der Waals surface area contributed by atoms with Crippen LogP contribution < -0.4 is 15.5 Å². The lowest BCUT2D eigenvalue weighted by Crippen LogP contribution is -2.54. The molecule has 1 amide bonds. The molecule has 0 spiro atoms. The molecule has 2 aliphatic heterocycles. The molecule has 2 N–H and O–H groups in total. The molecule has 2 fully saturated rings. The number of anilines is 2. The van der Waals surface area contributed by atoms with E-state index in [1.807, 2.05) is 12.3 Å². The van der Waals surface area contributed by atoms with Crippen LogP contribution in [0.1, 0.15) is 49.0 Å². The summed E-state index contributed by atoms with van der Waals surface area (Å²) in [5, 5.41) is 12.0. The quantitative estimate of drug-likeness (QED) is 0.435. The summed E-state index contributed by atoms with van der Waals surface area (Å²) in [7, 11) is 1.73. The highest BCUT2D eigenvalue weighted by Gasteiger charge is 2.26. The third-order valence-electron chi connectivity index (χ3n) is 7.04. The number of amides is 1. The van der Waals surface area contributed by atoms with Crippen LogP contribution in [-0.2, 0) is 11.8 Å². The minimum atomic E-state index is -0.487. The number of piperazine rings is 1. The van der Waals surface area contributed by atoms with Crippen molar-refractivity contribution in [3.05, 3.63) is 53.9 Å². The number of carbonyl (C=O) groups is 1. The molecule has 2 aromatic heterocycles. The van der Waals surface area contributed by atoms with Gasteiger partial charge in [-0.3, -0.25) is 9.48 Å². The number of aryl methyl sites for hydroxylation is 1. The zero-order valence-corrected chi connectivity index (χ0v) is 21.2. The Morgan fingerprint density at radius 1 is 1.19 bits per heavy atom. The second-order valence-corrected chi connectivity index (χ2v) is 10.2. The molecule has 4 heterocycles. The number of nitrogens with one attached hydrogen (secondary N) is 2. The van der Waals surface area contributed by atoms with Crippen LogP contribution in [0.5, 0.6) is 0 Å². The van der Waals surface area contributed by atoms with E-state index in [0.717, 1.165) is 37.0 Å². The molecule has 6 rings (SSSR count). The SMILES string of the molecule is C[C@H]1CN(c2ccc(C(=O)Nc3cc(F)c4nn(C)cc4c3)c3nc([C@H]4CCCO4)ncc23)C[C@H](C)N1. The Balaban J connectivity index is 1.41. The lowest BCUT2D eigenvalue weighted by Gasteiger charge is -2.38. The van der Waals surface area contributed by atoms with Crippen molar-refractivity contribution >= 4 is 39.1 Å². The predicted molar refractivity (Wildman–Crippen MR) is 140 cm³/mol. The molecule has 3 atom stereocenters. The number of rotatable bonds is 4. The third kappa shape index (κ3) is 4.51. The number of fused-ring (bicyclic) bond motifs is 2. The minimum absolute atomic E-state index is 0.176. The largest absolute Gasteiger partial charge is 0.370 e. The van der Waals surface area contributed by atoms with E-state index in [4.69, 9.17) is 9.72 Å². The number of hydrogen-bond donors (Lipinski definition) is 2. The molecular weight excluding hydrogens is 473 g/mol. The summed E-state index contributed by atoms with van der Waals surface area (Å²) in [5.74, 6) is -0.266. The van der Waals surface area contributed by atoms with Crippen molar-refractivity contribution in [3.63, 3.8) is 0 Å². The van der Waals surface area contributed by atoms with Gasteiger partial charge in [-0.1, -0.05) is 0 Å². The molecule has 9 nitrogen and oxygen atoms in total. The van der Waals surface area contributed by atoms with Crippen LogP contribution in [-0.4, -0.2) is 57.4 Å². The highest BCUT2D eigenvalue weighted by atomic mass is 19.1. The molecule has 192 valence electrons. The van der Waals surface area contributed by atoms with E-state index in [-0.39, 0.29) is 17.5 Å². The first-order valence-corrected chi connectivity index (χ1v) is 12.7. The number of halogens is 1. The van der Waals surface area contributed by atoms with Crippen molar-refractivity contribution < 1.29 is 13.9 Å². The molecule has 4 aromatic rings. The first-order chi connectivity index (χ1) is 17.9. The second-order valence-electron chi connectivity index (χ2n) is 10.2. The standard InChI is InChI=1S/C27H30FN7O2/c1-15-12-35(13-16(2)30-15)22-7-6-19(25-20(22)11-29-26(32-25)23-5-4-8-37-23)27(36)31-18-9-17-14-34(3)33-24(17)21(28)10-18/h6-7,9-11,14-16,23,30H,4-5,8,12-13H2,1-3H3,(H,31,36)/t15-,16-,23+/m0/s1. The highest BCUT2D eigenvalue weighted by Crippen LogP contribution is 2.33. The van der Waals surface area contributed by atoms with E-state index in [1.165, 1.54) is 6.07 Å². The number of carbonyl (C=O) groups excluding carboxylic acids is 1. The van der Waals surface area contributed by atoms with E-state index in [9.17, 15) is 9.18 Å². The van der Waals surface area contributed by atoms with E-state index < -0.39 is 5.82 Å². The van der Waals surface area contributed by atoms with Gasteiger partial charge in [0.2, 0.25) is 0 Å². The van der Waals surface area contributed by atoms with Crippen LogP contribution in [0.15, 0.2) is 36.7 Å². The van der Waals surface area contributed by atoms with E-state index >= 15 is 0 Å². The maximum absolute atomic E-state index is 14.6. The second kappa shape index (κ2) is 9.35. The smallest absolute Gasteiger partial charge is 0.257 e. The van der Waals surface area contributed by atoms with Crippen molar-refractivity contribution in [2.45, 2.75) is 44.9 Å². The Morgan fingerprint density at radius 3 is 2.76 bits per heavy atom. The molecule has 0 radical (unpaired) electrons. The Morgan fingerprint density at radius 2 is 2.00 bits per heavy atom.